The lowest BCUT2D eigenvalue weighted by Crippen LogP contribution is -2.46. The van der Waals surface area contributed by atoms with Crippen LogP contribution in [0, 0.1) is 0 Å². The fraction of sp³-hybridized carbons (Fsp3) is 0.400. The highest BCUT2D eigenvalue weighted by Gasteiger charge is 2.33. The van der Waals surface area contributed by atoms with E-state index in [9.17, 15) is 14.4 Å². The van der Waals surface area contributed by atoms with E-state index >= 15 is 0 Å². The molecule has 2 N–H and O–H groups in total. The van der Waals surface area contributed by atoms with Crippen LogP contribution in [0.4, 0.5) is 10.5 Å². The van der Waals surface area contributed by atoms with Crippen LogP contribution in [0.3, 0.4) is 0 Å². The molecule has 1 saturated heterocycles. The van der Waals surface area contributed by atoms with Gasteiger partial charge in [0.25, 0.3) is 0 Å². The average Bonchev–Trinajstić information content (AvgIpc) is 2.96. The zero-order chi connectivity index (χ0) is 15.4. The van der Waals surface area contributed by atoms with E-state index < -0.39 is 6.04 Å². The van der Waals surface area contributed by atoms with Crippen LogP contribution in [0.5, 0.6) is 0 Å². The Hall–Kier alpha value is -2.37. The van der Waals surface area contributed by atoms with Gasteiger partial charge in [-0.25, -0.2) is 4.79 Å². The normalized spacial score (nSPS) is 17.4. The number of carbonyl (C=O) groups excluding carboxylic acids is 3. The Morgan fingerprint density at radius 3 is 2.43 bits per heavy atom. The number of amides is 3. The van der Waals surface area contributed by atoms with Gasteiger partial charge in [-0.15, -0.1) is 0 Å². The molecule has 1 aromatic rings. The molecule has 1 aliphatic rings. The first-order chi connectivity index (χ1) is 10.0. The zero-order valence-corrected chi connectivity index (χ0v) is 12.2. The Morgan fingerprint density at radius 2 is 1.86 bits per heavy atom. The summed E-state index contributed by atoms with van der Waals surface area (Å²) in [5.74, 6) is -0.165. The molecule has 2 rings (SSSR count). The summed E-state index contributed by atoms with van der Waals surface area (Å²) in [6.07, 6.45) is 1.49. The average molecular weight is 289 g/mol. The molecule has 0 radical (unpaired) electrons. The molecular formula is C15H19N3O3. The van der Waals surface area contributed by atoms with Gasteiger partial charge in [0, 0.05) is 24.8 Å². The number of benzene rings is 1. The highest BCUT2D eigenvalue weighted by molar-refractivity contribution is 5.96. The molecule has 0 aromatic heterocycles. The number of likely N-dealkylation sites (N-methyl/N-ethyl adjacent to an activating group) is 1. The predicted octanol–water partition coefficient (Wildman–Crippen LogP) is 1.63. The van der Waals surface area contributed by atoms with Crippen molar-refractivity contribution in [3.05, 3.63) is 29.8 Å². The van der Waals surface area contributed by atoms with E-state index in [0.29, 0.717) is 24.2 Å². The molecule has 6 heteroatoms. The smallest absolute Gasteiger partial charge is 0.322 e. The maximum atomic E-state index is 12.2. The molecule has 112 valence electrons. The molecule has 0 bridgehead atoms. The van der Waals surface area contributed by atoms with Crippen LogP contribution in [0.25, 0.3) is 0 Å². The van der Waals surface area contributed by atoms with Gasteiger partial charge in [0.1, 0.15) is 6.04 Å². The Bertz CT molecular complexity index is 554. The summed E-state index contributed by atoms with van der Waals surface area (Å²) in [5.41, 5.74) is 1.20. The lowest BCUT2D eigenvalue weighted by Gasteiger charge is -2.23. The second-order valence-electron chi connectivity index (χ2n) is 5.03. The third kappa shape index (κ3) is 3.39. The van der Waals surface area contributed by atoms with Crippen molar-refractivity contribution >= 4 is 23.4 Å². The van der Waals surface area contributed by atoms with Crippen LogP contribution in [-0.4, -0.2) is 42.3 Å². The minimum Gasteiger partial charge on any atom is -0.357 e. The summed E-state index contributed by atoms with van der Waals surface area (Å²) in [6, 6.07) is 5.98. The molecular weight excluding hydrogens is 270 g/mol. The summed E-state index contributed by atoms with van der Waals surface area (Å²) in [4.78, 5) is 36.7. The Balaban J connectivity index is 2.03. The number of hydrogen-bond donors (Lipinski definition) is 2. The van der Waals surface area contributed by atoms with Gasteiger partial charge in [-0.05, 0) is 44.0 Å². The van der Waals surface area contributed by atoms with E-state index in [0.717, 1.165) is 6.42 Å². The van der Waals surface area contributed by atoms with Crippen molar-refractivity contribution in [2.24, 2.45) is 0 Å². The fourth-order valence-corrected chi connectivity index (χ4v) is 2.43. The number of urea groups is 1. The second-order valence-corrected chi connectivity index (χ2v) is 5.03. The number of hydrogen-bond acceptors (Lipinski definition) is 3. The minimum absolute atomic E-state index is 0.0212. The van der Waals surface area contributed by atoms with Gasteiger partial charge in [-0.3, -0.25) is 9.59 Å². The van der Waals surface area contributed by atoms with E-state index in [4.69, 9.17) is 0 Å². The first kappa shape index (κ1) is 15.0. The fourth-order valence-electron chi connectivity index (χ4n) is 2.43. The highest BCUT2D eigenvalue weighted by atomic mass is 16.2. The van der Waals surface area contributed by atoms with E-state index in [1.807, 2.05) is 0 Å². The predicted molar refractivity (Wildman–Crippen MR) is 79.3 cm³/mol. The molecule has 3 amide bonds. The quantitative estimate of drug-likeness (QED) is 0.830. The maximum Gasteiger partial charge on any atom is 0.322 e. The van der Waals surface area contributed by atoms with Crippen molar-refractivity contribution in [2.75, 3.05) is 18.9 Å². The number of rotatable bonds is 3. The molecule has 1 unspecified atom stereocenters. The summed E-state index contributed by atoms with van der Waals surface area (Å²) < 4.78 is 0. The van der Waals surface area contributed by atoms with Crippen LogP contribution < -0.4 is 10.6 Å². The Labute approximate surface area is 123 Å². The topological polar surface area (TPSA) is 78.5 Å². The van der Waals surface area contributed by atoms with Crippen molar-refractivity contribution in [3.63, 3.8) is 0 Å². The monoisotopic (exact) mass is 289 g/mol. The van der Waals surface area contributed by atoms with E-state index in [-0.39, 0.29) is 17.7 Å². The van der Waals surface area contributed by atoms with Crippen LogP contribution in [0.1, 0.15) is 30.1 Å². The first-order valence-electron chi connectivity index (χ1n) is 6.93. The van der Waals surface area contributed by atoms with E-state index in [2.05, 4.69) is 10.6 Å². The lowest BCUT2D eigenvalue weighted by atomic mass is 10.1. The molecule has 0 aliphatic carbocycles. The van der Waals surface area contributed by atoms with E-state index in [1.54, 1.807) is 31.3 Å². The molecule has 1 aliphatic heterocycles. The maximum absolute atomic E-state index is 12.2. The Kier molecular flexibility index (Phi) is 4.57. The van der Waals surface area contributed by atoms with Crippen molar-refractivity contribution in [1.82, 2.24) is 10.2 Å². The molecule has 6 nitrogen and oxygen atoms in total. The summed E-state index contributed by atoms with van der Waals surface area (Å²) in [6.45, 7) is 2.06. The number of likely N-dealkylation sites (tertiary alicyclic amines) is 1. The van der Waals surface area contributed by atoms with Crippen LogP contribution >= 0.6 is 0 Å². The molecule has 1 fully saturated rings. The van der Waals surface area contributed by atoms with Crippen LogP contribution in [0.2, 0.25) is 0 Å². The number of carbonyl (C=O) groups is 3. The summed E-state index contributed by atoms with van der Waals surface area (Å²) >= 11 is 0. The Morgan fingerprint density at radius 1 is 1.19 bits per heavy atom. The first-order valence-corrected chi connectivity index (χ1v) is 6.93. The van der Waals surface area contributed by atoms with Crippen LogP contribution in [-0.2, 0) is 4.79 Å². The van der Waals surface area contributed by atoms with Crippen molar-refractivity contribution < 1.29 is 14.4 Å². The number of Topliss-reactive ketones (excluding diaryl/α,β-unsaturated/α-hetero) is 1. The van der Waals surface area contributed by atoms with Crippen molar-refractivity contribution in [3.8, 4) is 0 Å². The molecule has 0 spiro atoms. The van der Waals surface area contributed by atoms with Gasteiger partial charge >= 0.3 is 6.03 Å². The molecule has 1 heterocycles. The number of anilines is 1. The third-order valence-corrected chi connectivity index (χ3v) is 3.61. The van der Waals surface area contributed by atoms with Gasteiger partial charge in [-0.1, -0.05) is 0 Å². The zero-order valence-electron chi connectivity index (χ0n) is 12.2. The molecule has 1 aromatic carbocycles. The third-order valence-electron chi connectivity index (χ3n) is 3.61. The summed E-state index contributed by atoms with van der Waals surface area (Å²) in [7, 11) is 1.57. The number of nitrogens with one attached hydrogen (secondary N) is 2. The van der Waals surface area contributed by atoms with E-state index in [1.165, 1.54) is 11.8 Å². The van der Waals surface area contributed by atoms with Gasteiger partial charge in [-0.2, -0.15) is 0 Å². The van der Waals surface area contributed by atoms with Gasteiger partial charge in [0.15, 0.2) is 5.78 Å². The summed E-state index contributed by atoms with van der Waals surface area (Å²) in [5, 5.41) is 5.33. The highest BCUT2D eigenvalue weighted by Crippen LogP contribution is 2.19. The van der Waals surface area contributed by atoms with Gasteiger partial charge < -0.3 is 15.5 Å². The SMILES string of the molecule is CNC(=O)C1CCCN1C(=O)Nc1ccc(C(C)=O)cc1. The lowest BCUT2D eigenvalue weighted by molar-refractivity contribution is -0.124. The second kappa shape index (κ2) is 6.39. The molecule has 0 saturated carbocycles. The number of nitrogens with zero attached hydrogens (tertiary/aromatic N) is 1. The molecule has 21 heavy (non-hydrogen) atoms. The van der Waals surface area contributed by atoms with Crippen LogP contribution in [0.15, 0.2) is 24.3 Å². The van der Waals surface area contributed by atoms with Crippen molar-refractivity contribution in [1.29, 1.82) is 0 Å². The number of ketones is 1. The minimum atomic E-state index is -0.411. The van der Waals surface area contributed by atoms with Gasteiger partial charge in [0.2, 0.25) is 5.91 Å². The van der Waals surface area contributed by atoms with Gasteiger partial charge in [0.05, 0.1) is 0 Å². The van der Waals surface area contributed by atoms with Crippen molar-refractivity contribution in [2.45, 2.75) is 25.8 Å². The molecule has 1 atom stereocenters. The standard InChI is InChI=1S/C15H19N3O3/c1-10(19)11-5-7-12(8-6-11)17-15(21)18-9-3-4-13(18)14(20)16-2/h5-8,13H,3-4,9H2,1-2H3,(H,16,20)(H,17,21). The largest absolute Gasteiger partial charge is 0.357 e.